The van der Waals surface area contributed by atoms with Gasteiger partial charge in [0.2, 0.25) is 5.91 Å². The van der Waals surface area contributed by atoms with E-state index in [2.05, 4.69) is 22.0 Å². The molecule has 198 valence electrons. The maximum Gasteiger partial charge on any atom is 0.254 e. The number of methoxy groups -OCH3 is 1. The SMILES string of the molecule is COc1cc(C2C(C#N)=C(SCC(=O)NCc3ccccc3)NC(C)=C2C(=O)Nc2ccccc2)ccc1O. The molecule has 3 aromatic carbocycles. The minimum atomic E-state index is -0.760. The quantitative estimate of drug-likeness (QED) is 0.308. The monoisotopic (exact) mass is 540 g/mol. The number of carbonyl (C=O) groups excluding carboxylic acids is 2. The van der Waals surface area contributed by atoms with Crippen LogP contribution in [0, 0.1) is 11.3 Å². The maximum absolute atomic E-state index is 13.5. The van der Waals surface area contributed by atoms with Gasteiger partial charge in [0.15, 0.2) is 11.5 Å². The van der Waals surface area contributed by atoms with Crippen molar-refractivity contribution in [3.63, 3.8) is 0 Å². The van der Waals surface area contributed by atoms with Crippen molar-refractivity contribution in [1.82, 2.24) is 10.6 Å². The Labute approximate surface area is 231 Å². The minimum Gasteiger partial charge on any atom is -0.504 e. The second-order valence-electron chi connectivity index (χ2n) is 8.75. The maximum atomic E-state index is 13.5. The molecule has 4 rings (SSSR count). The summed E-state index contributed by atoms with van der Waals surface area (Å²) in [6, 6.07) is 25.6. The van der Waals surface area contributed by atoms with Crippen molar-refractivity contribution < 1.29 is 19.4 Å². The molecule has 1 aliphatic rings. The van der Waals surface area contributed by atoms with Crippen LogP contribution in [0.3, 0.4) is 0 Å². The van der Waals surface area contributed by atoms with Gasteiger partial charge in [-0.3, -0.25) is 9.59 Å². The Morgan fingerprint density at radius 2 is 1.77 bits per heavy atom. The van der Waals surface area contributed by atoms with Crippen LogP contribution in [0.1, 0.15) is 24.0 Å². The van der Waals surface area contributed by atoms with Gasteiger partial charge in [0.05, 0.1) is 35.5 Å². The molecule has 2 amide bonds. The third-order valence-corrected chi connectivity index (χ3v) is 7.16. The van der Waals surface area contributed by atoms with Crippen molar-refractivity contribution in [3.05, 3.63) is 112 Å². The Hall–Kier alpha value is -4.68. The van der Waals surface area contributed by atoms with Gasteiger partial charge < -0.3 is 25.8 Å². The highest BCUT2D eigenvalue weighted by atomic mass is 32.2. The number of anilines is 1. The molecule has 4 N–H and O–H groups in total. The van der Waals surface area contributed by atoms with Gasteiger partial charge in [0.1, 0.15) is 0 Å². The molecule has 1 unspecified atom stereocenters. The van der Waals surface area contributed by atoms with Gasteiger partial charge >= 0.3 is 0 Å². The predicted molar refractivity (Wildman–Crippen MR) is 152 cm³/mol. The van der Waals surface area contributed by atoms with Crippen molar-refractivity contribution in [1.29, 1.82) is 5.26 Å². The zero-order chi connectivity index (χ0) is 27.8. The topological polar surface area (TPSA) is 123 Å². The van der Waals surface area contributed by atoms with Crippen LogP contribution in [0.25, 0.3) is 0 Å². The van der Waals surface area contributed by atoms with Gasteiger partial charge in [-0.05, 0) is 42.3 Å². The first-order valence-corrected chi connectivity index (χ1v) is 13.2. The van der Waals surface area contributed by atoms with E-state index < -0.39 is 5.92 Å². The number of rotatable bonds is 9. The number of hydrogen-bond donors (Lipinski definition) is 4. The molecule has 0 spiro atoms. The number of para-hydroxylation sites is 1. The van der Waals surface area contributed by atoms with Gasteiger partial charge in [-0.1, -0.05) is 66.4 Å². The fraction of sp³-hybridized carbons (Fsp3) is 0.167. The summed E-state index contributed by atoms with van der Waals surface area (Å²) >= 11 is 1.19. The molecule has 0 fully saturated rings. The molecule has 1 atom stereocenters. The number of dihydropyridines is 1. The highest BCUT2D eigenvalue weighted by molar-refractivity contribution is 8.03. The number of phenols is 1. The van der Waals surface area contributed by atoms with E-state index in [1.165, 1.54) is 24.9 Å². The van der Waals surface area contributed by atoms with Crippen LogP contribution in [0.2, 0.25) is 0 Å². The molecule has 1 heterocycles. The van der Waals surface area contributed by atoms with Crippen LogP contribution in [0.4, 0.5) is 5.69 Å². The molecule has 0 radical (unpaired) electrons. The smallest absolute Gasteiger partial charge is 0.254 e. The summed E-state index contributed by atoms with van der Waals surface area (Å²) in [5.41, 5.74) is 3.37. The molecule has 8 nitrogen and oxygen atoms in total. The Morgan fingerprint density at radius 3 is 2.44 bits per heavy atom. The molecule has 3 aromatic rings. The van der Waals surface area contributed by atoms with Crippen LogP contribution in [0.15, 0.2) is 101 Å². The third-order valence-electron chi connectivity index (χ3n) is 6.14. The highest BCUT2D eigenvalue weighted by Gasteiger charge is 2.35. The number of benzene rings is 3. The summed E-state index contributed by atoms with van der Waals surface area (Å²) in [5, 5.41) is 29.9. The molecular formula is C30H28N4O4S. The van der Waals surface area contributed by atoms with Crippen molar-refractivity contribution in [2.75, 3.05) is 18.2 Å². The van der Waals surface area contributed by atoms with Gasteiger partial charge in [-0.25, -0.2) is 0 Å². The number of thioether (sulfide) groups is 1. The molecule has 0 aromatic heterocycles. The van der Waals surface area contributed by atoms with Crippen LogP contribution in [0.5, 0.6) is 11.5 Å². The van der Waals surface area contributed by atoms with Gasteiger partial charge in [-0.2, -0.15) is 5.26 Å². The average Bonchev–Trinajstić information content (AvgIpc) is 2.95. The molecule has 9 heteroatoms. The Bertz CT molecular complexity index is 1460. The fourth-order valence-corrected chi connectivity index (χ4v) is 5.16. The summed E-state index contributed by atoms with van der Waals surface area (Å²) in [5.74, 6) is -1.08. The zero-order valence-electron chi connectivity index (χ0n) is 21.5. The van der Waals surface area contributed by atoms with E-state index in [1.54, 1.807) is 31.2 Å². The lowest BCUT2D eigenvalue weighted by molar-refractivity contribution is -0.118. The Kier molecular flexibility index (Phi) is 8.92. The van der Waals surface area contributed by atoms with Crippen LogP contribution < -0.4 is 20.7 Å². The Morgan fingerprint density at radius 1 is 1.08 bits per heavy atom. The number of ether oxygens (including phenoxy) is 1. The molecule has 0 saturated heterocycles. The number of nitrogens with zero attached hydrogens (tertiary/aromatic N) is 1. The average molecular weight is 541 g/mol. The summed E-state index contributed by atoms with van der Waals surface area (Å²) in [4.78, 5) is 26.1. The first kappa shape index (κ1) is 27.4. The van der Waals surface area contributed by atoms with Crippen LogP contribution in [-0.4, -0.2) is 29.8 Å². The molecule has 0 aliphatic carbocycles. The van der Waals surface area contributed by atoms with Crippen LogP contribution >= 0.6 is 11.8 Å². The van der Waals surface area contributed by atoms with Crippen molar-refractivity contribution >= 4 is 29.3 Å². The standard InChI is InChI=1S/C30H28N4O4S/c1-19-27(29(37)34-22-11-7-4-8-12-22)28(21-13-14-24(35)25(15-21)38-2)23(16-31)30(33-19)39-18-26(36)32-17-20-9-5-3-6-10-20/h3-15,28,33,35H,17-18H2,1-2H3,(H,32,36)(H,34,37). The van der Waals surface area contributed by atoms with E-state index in [0.29, 0.717) is 34.1 Å². The molecule has 39 heavy (non-hydrogen) atoms. The molecule has 0 saturated carbocycles. The minimum absolute atomic E-state index is 0.0571. The number of nitrogens with one attached hydrogen (secondary N) is 3. The normalized spacial score (nSPS) is 14.7. The van der Waals surface area contributed by atoms with Crippen LogP contribution in [-0.2, 0) is 16.1 Å². The fourth-order valence-electron chi connectivity index (χ4n) is 4.24. The number of phenolic OH excluding ortho intramolecular Hbond substituents is 1. The number of nitriles is 1. The van der Waals surface area contributed by atoms with E-state index in [9.17, 15) is 20.0 Å². The number of allylic oxidation sites excluding steroid dienone is 2. The Balaban J connectivity index is 1.63. The number of carbonyl (C=O) groups is 2. The summed E-state index contributed by atoms with van der Waals surface area (Å²) in [6.45, 7) is 2.16. The van der Waals surface area contributed by atoms with E-state index >= 15 is 0 Å². The second-order valence-corrected chi connectivity index (χ2v) is 9.74. The van der Waals surface area contributed by atoms with E-state index in [0.717, 1.165) is 5.56 Å². The van der Waals surface area contributed by atoms with E-state index in [-0.39, 0.29) is 34.6 Å². The number of aromatic hydroxyl groups is 1. The predicted octanol–water partition coefficient (Wildman–Crippen LogP) is 4.79. The molecule has 1 aliphatic heterocycles. The first-order chi connectivity index (χ1) is 18.9. The van der Waals surface area contributed by atoms with Gasteiger partial charge in [0.25, 0.3) is 5.91 Å². The van der Waals surface area contributed by atoms with E-state index in [4.69, 9.17) is 4.74 Å². The first-order valence-electron chi connectivity index (χ1n) is 12.2. The third kappa shape index (κ3) is 6.61. The molecular weight excluding hydrogens is 512 g/mol. The lowest BCUT2D eigenvalue weighted by atomic mass is 9.82. The lowest BCUT2D eigenvalue weighted by Gasteiger charge is -2.30. The highest BCUT2D eigenvalue weighted by Crippen LogP contribution is 2.43. The number of hydrogen-bond acceptors (Lipinski definition) is 7. The summed E-state index contributed by atoms with van der Waals surface area (Å²) in [7, 11) is 1.43. The summed E-state index contributed by atoms with van der Waals surface area (Å²) in [6.07, 6.45) is 0. The zero-order valence-corrected chi connectivity index (χ0v) is 22.3. The number of amides is 2. The summed E-state index contributed by atoms with van der Waals surface area (Å²) < 4.78 is 5.29. The molecule has 0 bridgehead atoms. The lowest BCUT2D eigenvalue weighted by Crippen LogP contribution is -2.31. The second kappa shape index (κ2) is 12.7. The van der Waals surface area contributed by atoms with Crippen molar-refractivity contribution in [2.45, 2.75) is 19.4 Å². The largest absolute Gasteiger partial charge is 0.504 e. The van der Waals surface area contributed by atoms with E-state index in [1.807, 2.05) is 48.5 Å². The van der Waals surface area contributed by atoms with Gasteiger partial charge in [-0.15, -0.1) is 0 Å². The van der Waals surface area contributed by atoms with Crippen molar-refractivity contribution in [3.8, 4) is 17.6 Å². The van der Waals surface area contributed by atoms with Gasteiger partial charge in [0, 0.05) is 23.5 Å². The van der Waals surface area contributed by atoms with Crippen molar-refractivity contribution in [2.24, 2.45) is 0 Å².